The van der Waals surface area contributed by atoms with Gasteiger partial charge in [-0.1, -0.05) is 39.5 Å². The Morgan fingerprint density at radius 3 is 2.50 bits per heavy atom. The van der Waals surface area contributed by atoms with Crippen molar-refractivity contribution in [3.63, 3.8) is 0 Å². The van der Waals surface area contributed by atoms with Gasteiger partial charge in [-0.15, -0.1) is 0 Å². The normalized spacial score (nSPS) is 31.6. The van der Waals surface area contributed by atoms with Gasteiger partial charge in [0.1, 0.15) is 0 Å². The van der Waals surface area contributed by atoms with E-state index in [2.05, 4.69) is 13.8 Å². The van der Waals surface area contributed by atoms with Gasteiger partial charge in [0.15, 0.2) is 0 Å². The van der Waals surface area contributed by atoms with Gasteiger partial charge in [-0.05, 0) is 30.6 Å². The van der Waals surface area contributed by atoms with E-state index in [0.717, 1.165) is 30.6 Å². The van der Waals surface area contributed by atoms with Crippen LogP contribution in [0.4, 0.5) is 0 Å². The van der Waals surface area contributed by atoms with Crippen molar-refractivity contribution in [3.8, 4) is 0 Å². The molecule has 1 aliphatic rings. The van der Waals surface area contributed by atoms with Gasteiger partial charge in [0.25, 0.3) is 10.1 Å². The third kappa shape index (κ3) is 5.30. The lowest BCUT2D eigenvalue weighted by Crippen LogP contribution is -2.21. The van der Waals surface area contributed by atoms with E-state index in [1.165, 1.54) is 19.3 Å². The Kier molecular flexibility index (Phi) is 5.25. The second-order valence-electron chi connectivity index (χ2n) is 5.44. The molecule has 0 aliphatic heterocycles. The van der Waals surface area contributed by atoms with Crippen molar-refractivity contribution in [1.82, 2.24) is 0 Å². The zero-order chi connectivity index (χ0) is 12.2. The number of hydrogen-bond acceptors (Lipinski definition) is 2. The predicted molar refractivity (Wildman–Crippen MR) is 65.9 cm³/mol. The van der Waals surface area contributed by atoms with Crippen LogP contribution in [0.5, 0.6) is 0 Å². The maximum absolute atomic E-state index is 10.6. The highest BCUT2D eigenvalue weighted by Gasteiger charge is 2.24. The van der Waals surface area contributed by atoms with E-state index < -0.39 is 10.1 Å². The smallest absolute Gasteiger partial charge is 0.264 e. The summed E-state index contributed by atoms with van der Waals surface area (Å²) in [4.78, 5) is 0. The van der Waals surface area contributed by atoms with E-state index in [9.17, 15) is 8.42 Å². The van der Waals surface area contributed by atoms with Gasteiger partial charge in [-0.2, -0.15) is 8.42 Å². The molecule has 1 saturated carbocycles. The lowest BCUT2D eigenvalue weighted by Gasteiger charge is -2.32. The van der Waals surface area contributed by atoms with Crippen molar-refractivity contribution in [1.29, 1.82) is 0 Å². The molecular formula is C12H24O3S. The molecule has 0 aromatic rings. The summed E-state index contributed by atoms with van der Waals surface area (Å²) in [5, 5.41) is 0. The van der Waals surface area contributed by atoms with Crippen molar-refractivity contribution < 1.29 is 13.0 Å². The average Bonchev–Trinajstić information content (AvgIpc) is 2.16. The first-order valence-electron chi connectivity index (χ1n) is 6.33. The molecule has 0 amide bonds. The highest BCUT2D eigenvalue weighted by atomic mass is 32.2. The number of hydrogen-bond donors (Lipinski definition) is 1. The highest BCUT2D eigenvalue weighted by Crippen LogP contribution is 2.36. The van der Waals surface area contributed by atoms with Crippen molar-refractivity contribution in [2.24, 2.45) is 17.8 Å². The summed E-state index contributed by atoms with van der Waals surface area (Å²) in [5.74, 6) is 2.28. The lowest BCUT2D eigenvalue weighted by molar-refractivity contribution is 0.190. The summed E-state index contributed by atoms with van der Waals surface area (Å²) in [5.41, 5.74) is 0. The number of rotatable bonds is 5. The van der Waals surface area contributed by atoms with Gasteiger partial charge in [0.2, 0.25) is 0 Å². The molecule has 1 N–H and O–H groups in total. The Balaban J connectivity index is 2.21. The first-order chi connectivity index (χ1) is 7.38. The predicted octanol–water partition coefficient (Wildman–Crippen LogP) is 3.12. The molecule has 0 spiro atoms. The molecule has 3 nitrogen and oxygen atoms in total. The second kappa shape index (κ2) is 6.01. The molecule has 96 valence electrons. The first kappa shape index (κ1) is 14.0. The van der Waals surface area contributed by atoms with E-state index in [1.807, 2.05) is 0 Å². The summed E-state index contributed by atoms with van der Waals surface area (Å²) in [7, 11) is -3.75. The van der Waals surface area contributed by atoms with Crippen molar-refractivity contribution in [2.75, 3.05) is 5.75 Å². The second-order valence-corrected chi connectivity index (χ2v) is 7.01. The van der Waals surface area contributed by atoms with Crippen LogP contribution in [-0.4, -0.2) is 18.7 Å². The maximum Gasteiger partial charge on any atom is 0.264 e. The van der Waals surface area contributed by atoms with Crippen molar-refractivity contribution in [3.05, 3.63) is 0 Å². The quantitative estimate of drug-likeness (QED) is 0.601. The largest absolute Gasteiger partial charge is 0.286 e. The molecule has 0 aromatic heterocycles. The molecule has 0 bridgehead atoms. The van der Waals surface area contributed by atoms with Crippen LogP contribution in [-0.2, 0) is 10.1 Å². The van der Waals surface area contributed by atoms with E-state index in [1.54, 1.807) is 0 Å². The van der Waals surface area contributed by atoms with Crippen LogP contribution in [0.2, 0.25) is 0 Å². The van der Waals surface area contributed by atoms with Crippen LogP contribution < -0.4 is 0 Å². The fraction of sp³-hybridized carbons (Fsp3) is 1.00. The highest BCUT2D eigenvalue weighted by molar-refractivity contribution is 7.85. The molecular weight excluding hydrogens is 224 g/mol. The SMILES string of the molecule is C[C@@H]1CC[C@@H](C)[C@H](CCCCS(=O)(=O)O)C1. The zero-order valence-corrected chi connectivity index (χ0v) is 11.2. The van der Waals surface area contributed by atoms with Gasteiger partial charge >= 0.3 is 0 Å². The van der Waals surface area contributed by atoms with E-state index >= 15 is 0 Å². The third-order valence-electron chi connectivity index (χ3n) is 3.85. The van der Waals surface area contributed by atoms with Crippen LogP contribution in [0.1, 0.15) is 52.4 Å². The van der Waals surface area contributed by atoms with Crippen LogP contribution >= 0.6 is 0 Å². The van der Waals surface area contributed by atoms with E-state index in [4.69, 9.17) is 4.55 Å². The molecule has 0 aromatic carbocycles. The molecule has 0 unspecified atom stereocenters. The maximum atomic E-state index is 10.6. The molecule has 0 radical (unpaired) electrons. The van der Waals surface area contributed by atoms with Crippen LogP contribution in [0, 0.1) is 17.8 Å². The molecule has 1 aliphatic carbocycles. The Morgan fingerprint density at radius 1 is 1.19 bits per heavy atom. The van der Waals surface area contributed by atoms with Gasteiger partial charge in [0, 0.05) is 0 Å². The van der Waals surface area contributed by atoms with Crippen molar-refractivity contribution in [2.45, 2.75) is 52.4 Å². The molecule has 1 fully saturated rings. The fourth-order valence-corrected chi connectivity index (χ4v) is 3.31. The monoisotopic (exact) mass is 248 g/mol. The Bertz CT molecular complexity index is 297. The molecule has 16 heavy (non-hydrogen) atoms. The van der Waals surface area contributed by atoms with Gasteiger partial charge in [-0.25, -0.2) is 0 Å². The minimum Gasteiger partial charge on any atom is -0.286 e. The van der Waals surface area contributed by atoms with Crippen LogP contribution in [0.15, 0.2) is 0 Å². The molecule has 4 heteroatoms. The van der Waals surface area contributed by atoms with Gasteiger partial charge < -0.3 is 0 Å². The van der Waals surface area contributed by atoms with Crippen LogP contribution in [0.25, 0.3) is 0 Å². The van der Waals surface area contributed by atoms with Crippen molar-refractivity contribution >= 4 is 10.1 Å². The number of unbranched alkanes of at least 4 members (excludes halogenated alkanes) is 1. The summed E-state index contributed by atoms with van der Waals surface area (Å²) < 4.78 is 29.7. The summed E-state index contributed by atoms with van der Waals surface area (Å²) in [6, 6.07) is 0. The van der Waals surface area contributed by atoms with E-state index in [-0.39, 0.29) is 5.75 Å². The summed E-state index contributed by atoms with van der Waals surface area (Å²) in [6.45, 7) is 4.61. The summed E-state index contributed by atoms with van der Waals surface area (Å²) >= 11 is 0. The minimum atomic E-state index is -3.75. The lowest BCUT2D eigenvalue weighted by atomic mass is 9.73. The molecule has 1 rings (SSSR count). The Labute approximate surface area is 99.4 Å². The Hall–Kier alpha value is -0.0900. The first-order valence-corrected chi connectivity index (χ1v) is 7.94. The molecule has 0 saturated heterocycles. The van der Waals surface area contributed by atoms with E-state index in [0.29, 0.717) is 6.42 Å². The summed E-state index contributed by atoms with van der Waals surface area (Å²) in [6.07, 6.45) is 6.55. The third-order valence-corrected chi connectivity index (χ3v) is 4.66. The minimum absolute atomic E-state index is 0.0797. The standard InChI is InChI=1S/C12H24O3S/c1-10-6-7-11(2)12(9-10)5-3-4-8-16(13,14)15/h10-12H,3-9H2,1-2H3,(H,13,14,15)/t10-,11-,12-/m1/s1. The average molecular weight is 248 g/mol. The van der Waals surface area contributed by atoms with Gasteiger partial charge in [0.05, 0.1) is 5.75 Å². The van der Waals surface area contributed by atoms with Gasteiger partial charge in [-0.3, -0.25) is 4.55 Å². The zero-order valence-electron chi connectivity index (χ0n) is 10.4. The van der Waals surface area contributed by atoms with Crippen LogP contribution in [0.3, 0.4) is 0 Å². The molecule has 0 heterocycles. The fourth-order valence-electron chi connectivity index (χ4n) is 2.74. The Morgan fingerprint density at radius 2 is 1.88 bits per heavy atom. The molecule has 3 atom stereocenters. The topological polar surface area (TPSA) is 54.4 Å².